The first kappa shape index (κ1) is 20.6. The SMILES string of the molecule is C=CCN(CC=C)C(=O)C(C)NC(=O)c1cc(C)nc(N2CCOCC2)n1. The van der Waals surface area contributed by atoms with Crippen LogP contribution in [0, 0.1) is 6.92 Å². The highest BCUT2D eigenvalue weighted by Crippen LogP contribution is 2.12. The number of amides is 2. The van der Waals surface area contributed by atoms with E-state index in [0.717, 1.165) is 0 Å². The summed E-state index contributed by atoms with van der Waals surface area (Å²) in [5.41, 5.74) is 0.929. The minimum Gasteiger partial charge on any atom is -0.378 e. The van der Waals surface area contributed by atoms with E-state index in [1.807, 2.05) is 11.8 Å². The molecule has 2 heterocycles. The molecule has 1 fully saturated rings. The second-order valence-corrected chi connectivity index (χ2v) is 6.31. The van der Waals surface area contributed by atoms with Crippen LogP contribution in [0.2, 0.25) is 0 Å². The molecule has 0 aliphatic carbocycles. The van der Waals surface area contributed by atoms with E-state index >= 15 is 0 Å². The van der Waals surface area contributed by atoms with Gasteiger partial charge in [-0.1, -0.05) is 12.2 Å². The number of anilines is 1. The Morgan fingerprint density at radius 1 is 1.30 bits per heavy atom. The van der Waals surface area contributed by atoms with Gasteiger partial charge in [-0.2, -0.15) is 0 Å². The smallest absolute Gasteiger partial charge is 0.270 e. The summed E-state index contributed by atoms with van der Waals surface area (Å²) in [5.74, 6) is -0.113. The number of nitrogens with one attached hydrogen (secondary N) is 1. The van der Waals surface area contributed by atoms with Crippen molar-refractivity contribution in [1.29, 1.82) is 0 Å². The van der Waals surface area contributed by atoms with E-state index in [9.17, 15) is 9.59 Å². The average molecular weight is 373 g/mol. The second-order valence-electron chi connectivity index (χ2n) is 6.31. The number of nitrogens with zero attached hydrogens (tertiary/aromatic N) is 4. The second kappa shape index (κ2) is 9.82. The molecule has 1 aromatic rings. The van der Waals surface area contributed by atoms with Gasteiger partial charge in [-0.3, -0.25) is 9.59 Å². The third kappa shape index (κ3) is 5.62. The Morgan fingerprint density at radius 3 is 2.52 bits per heavy atom. The van der Waals surface area contributed by atoms with Crippen LogP contribution in [0.1, 0.15) is 23.1 Å². The molecule has 2 amide bonds. The van der Waals surface area contributed by atoms with Crippen molar-refractivity contribution >= 4 is 17.8 Å². The van der Waals surface area contributed by atoms with Crippen molar-refractivity contribution in [1.82, 2.24) is 20.2 Å². The summed E-state index contributed by atoms with van der Waals surface area (Å²) in [6, 6.07) is 0.918. The molecule has 1 aromatic heterocycles. The van der Waals surface area contributed by atoms with Gasteiger partial charge < -0.3 is 19.9 Å². The minimum absolute atomic E-state index is 0.206. The van der Waals surface area contributed by atoms with E-state index < -0.39 is 11.9 Å². The van der Waals surface area contributed by atoms with Gasteiger partial charge in [-0.05, 0) is 19.9 Å². The molecule has 1 saturated heterocycles. The van der Waals surface area contributed by atoms with E-state index in [0.29, 0.717) is 51.0 Å². The van der Waals surface area contributed by atoms with E-state index in [4.69, 9.17) is 4.74 Å². The lowest BCUT2D eigenvalue weighted by atomic mass is 10.2. The zero-order valence-electron chi connectivity index (χ0n) is 16.0. The zero-order valence-corrected chi connectivity index (χ0v) is 16.0. The molecule has 0 spiro atoms. The van der Waals surface area contributed by atoms with E-state index in [-0.39, 0.29) is 11.6 Å². The monoisotopic (exact) mass is 373 g/mol. The fourth-order valence-corrected chi connectivity index (χ4v) is 2.75. The Hall–Kier alpha value is -2.74. The normalized spacial score (nSPS) is 15.0. The van der Waals surface area contributed by atoms with Gasteiger partial charge in [0.1, 0.15) is 11.7 Å². The van der Waals surface area contributed by atoms with Gasteiger partial charge in [0.05, 0.1) is 13.2 Å². The first-order valence-corrected chi connectivity index (χ1v) is 8.96. The standard InChI is InChI=1S/C19H27N5O3/c1-5-7-23(8-6-2)18(26)15(4)21-17(25)16-13-14(3)20-19(22-16)24-9-11-27-12-10-24/h5-6,13,15H,1-2,7-12H2,3-4H3,(H,21,25). The molecule has 2 rings (SSSR count). The molecule has 146 valence electrons. The maximum absolute atomic E-state index is 12.6. The summed E-state index contributed by atoms with van der Waals surface area (Å²) >= 11 is 0. The lowest BCUT2D eigenvalue weighted by molar-refractivity contribution is -0.131. The van der Waals surface area contributed by atoms with Crippen LogP contribution in [-0.2, 0) is 9.53 Å². The molecule has 0 radical (unpaired) electrons. The quantitative estimate of drug-likeness (QED) is 0.683. The predicted octanol–water partition coefficient (Wildman–Crippen LogP) is 0.941. The minimum atomic E-state index is -0.695. The van der Waals surface area contributed by atoms with Gasteiger partial charge in [0.15, 0.2) is 0 Å². The number of aryl methyl sites for hydroxylation is 1. The van der Waals surface area contributed by atoms with E-state index in [2.05, 4.69) is 28.4 Å². The van der Waals surface area contributed by atoms with Crippen molar-refractivity contribution in [2.45, 2.75) is 19.9 Å². The fraction of sp³-hybridized carbons (Fsp3) is 0.474. The number of aromatic nitrogens is 2. The van der Waals surface area contributed by atoms with E-state index in [1.165, 1.54) is 0 Å². The van der Waals surface area contributed by atoms with Gasteiger partial charge >= 0.3 is 0 Å². The first-order valence-electron chi connectivity index (χ1n) is 8.96. The Balaban J connectivity index is 2.10. The summed E-state index contributed by atoms with van der Waals surface area (Å²) in [6.07, 6.45) is 3.27. The zero-order chi connectivity index (χ0) is 19.8. The molecule has 8 heteroatoms. The van der Waals surface area contributed by atoms with Gasteiger partial charge in [0.25, 0.3) is 5.91 Å². The molecule has 1 N–H and O–H groups in total. The summed E-state index contributed by atoms with van der Waals surface area (Å²) in [5, 5.41) is 2.72. The molecular weight excluding hydrogens is 346 g/mol. The third-order valence-corrected chi connectivity index (χ3v) is 4.10. The molecular formula is C19H27N5O3. The number of hydrogen-bond acceptors (Lipinski definition) is 6. The lowest BCUT2D eigenvalue weighted by Crippen LogP contribution is -2.47. The van der Waals surface area contributed by atoms with Crippen molar-refractivity contribution < 1.29 is 14.3 Å². The molecule has 0 bridgehead atoms. The molecule has 0 aromatic carbocycles. The van der Waals surface area contributed by atoms with Crippen LogP contribution in [0.15, 0.2) is 31.4 Å². The Kier molecular flexibility index (Phi) is 7.48. The number of morpholine rings is 1. The van der Waals surface area contributed by atoms with Crippen molar-refractivity contribution in [3.05, 3.63) is 42.8 Å². The Morgan fingerprint density at radius 2 is 1.93 bits per heavy atom. The molecule has 8 nitrogen and oxygen atoms in total. The number of rotatable bonds is 8. The van der Waals surface area contributed by atoms with Crippen LogP contribution in [0.3, 0.4) is 0 Å². The van der Waals surface area contributed by atoms with Crippen LogP contribution >= 0.6 is 0 Å². The third-order valence-electron chi connectivity index (χ3n) is 4.10. The molecule has 27 heavy (non-hydrogen) atoms. The molecule has 1 atom stereocenters. The molecule has 1 aliphatic rings. The molecule has 1 unspecified atom stereocenters. The fourth-order valence-electron chi connectivity index (χ4n) is 2.75. The Bertz CT molecular complexity index is 691. The highest BCUT2D eigenvalue weighted by atomic mass is 16.5. The number of carbonyl (C=O) groups is 2. The topological polar surface area (TPSA) is 87.7 Å². The van der Waals surface area contributed by atoms with E-state index in [1.54, 1.807) is 30.0 Å². The Labute approximate surface area is 159 Å². The first-order chi connectivity index (χ1) is 13.0. The largest absolute Gasteiger partial charge is 0.378 e. The van der Waals surface area contributed by atoms with Crippen molar-refractivity contribution in [3.8, 4) is 0 Å². The van der Waals surface area contributed by atoms with Crippen molar-refractivity contribution in [3.63, 3.8) is 0 Å². The predicted molar refractivity (Wildman–Crippen MR) is 104 cm³/mol. The van der Waals surface area contributed by atoms with Gasteiger partial charge in [0, 0.05) is 31.9 Å². The maximum atomic E-state index is 12.6. The summed E-state index contributed by atoms with van der Waals surface area (Å²) in [7, 11) is 0. The maximum Gasteiger partial charge on any atom is 0.270 e. The van der Waals surface area contributed by atoms with Crippen molar-refractivity contribution in [2.75, 3.05) is 44.3 Å². The average Bonchev–Trinajstić information content (AvgIpc) is 2.67. The summed E-state index contributed by atoms with van der Waals surface area (Å²) in [4.78, 5) is 37.5. The number of ether oxygens (including phenoxy) is 1. The van der Waals surface area contributed by atoms with Gasteiger partial charge in [0.2, 0.25) is 11.9 Å². The van der Waals surface area contributed by atoms with Gasteiger partial charge in [-0.15, -0.1) is 13.2 Å². The van der Waals surface area contributed by atoms with Crippen LogP contribution in [0.25, 0.3) is 0 Å². The number of hydrogen-bond donors (Lipinski definition) is 1. The summed E-state index contributed by atoms with van der Waals surface area (Å²) in [6.45, 7) is 14.1. The molecule has 1 aliphatic heterocycles. The summed E-state index contributed by atoms with van der Waals surface area (Å²) < 4.78 is 5.34. The lowest BCUT2D eigenvalue weighted by Gasteiger charge is -2.27. The van der Waals surface area contributed by atoms with Crippen LogP contribution in [0.5, 0.6) is 0 Å². The highest BCUT2D eigenvalue weighted by Gasteiger charge is 2.23. The molecule has 0 saturated carbocycles. The highest BCUT2D eigenvalue weighted by molar-refractivity contribution is 5.96. The van der Waals surface area contributed by atoms with Crippen molar-refractivity contribution in [2.24, 2.45) is 0 Å². The van der Waals surface area contributed by atoms with Crippen LogP contribution in [-0.4, -0.2) is 72.1 Å². The number of carbonyl (C=O) groups excluding carboxylic acids is 2. The van der Waals surface area contributed by atoms with Crippen LogP contribution in [0.4, 0.5) is 5.95 Å². The van der Waals surface area contributed by atoms with Gasteiger partial charge in [-0.25, -0.2) is 9.97 Å². The van der Waals surface area contributed by atoms with Crippen LogP contribution < -0.4 is 10.2 Å².